The summed E-state index contributed by atoms with van der Waals surface area (Å²) < 4.78 is 10.6. The zero-order chi connectivity index (χ0) is 15.0. The summed E-state index contributed by atoms with van der Waals surface area (Å²) in [5, 5.41) is 0. The second-order valence-corrected chi connectivity index (χ2v) is 5.09. The van der Waals surface area contributed by atoms with Crippen molar-refractivity contribution in [2.24, 2.45) is 5.73 Å². The van der Waals surface area contributed by atoms with Gasteiger partial charge in [-0.05, 0) is 50.8 Å². The molecule has 0 bridgehead atoms. The van der Waals surface area contributed by atoms with E-state index >= 15 is 0 Å². The molecule has 0 aliphatic rings. The maximum Gasteiger partial charge on any atom is 0.325 e. The Morgan fingerprint density at radius 3 is 2.45 bits per heavy atom. The van der Waals surface area contributed by atoms with Crippen LogP contribution in [0.1, 0.15) is 39.2 Å². The van der Waals surface area contributed by atoms with Crippen molar-refractivity contribution >= 4 is 5.97 Å². The van der Waals surface area contributed by atoms with E-state index in [1.807, 2.05) is 12.1 Å². The molecule has 2 N–H and O–H groups in total. The Morgan fingerprint density at radius 1 is 1.25 bits per heavy atom. The molecule has 0 aliphatic carbocycles. The van der Waals surface area contributed by atoms with Crippen molar-refractivity contribution in [2.75, 3.05) is 13.2 Å². The number of esters is 1. The third-order valence-electron chi connectivity index (χ3n) is 3.18. The molecular formula is C16H25NO3. The fourth-order valence-electron chi connectivity index (χ4n) is 1.85. The number of carbonyl (C=O) groups is 1. The van der Waals surface area contributed by atoms with Gasteiger partial charge in [0.25, 0.3) is 0 Å². The maximum atomic E-state index is 11.6. The summed E-state index contributed by atoms with van der Waals surface area (Å²) in [6.07, 6.45) is 2.27. The van der Waals surface area contributed by atoms with Gasteiger partial charge in [-0.25, -0.2) is 0 Å². The molecule has 0 aliphatic heterocycles. The predicted octanol–water partition coefficient (Wildman–Crippen LogP) is 2.69. The van der Waals surface area contributed by atoms with Gasteiger partial charge in [0, 0.05) is 0 Å². The van der Waals surface area contributed by atoms with Gasteiger partial charge < -0.3 is 15.2 Å². The topological polar surface area (TPSA) is 61.5 Å². The van der Waals surface area contributed by atoms with Gasteiger partial charge in [0.2, 0.25) is 0 Å². The van der Waals surface area contributed by atoms with Crippen LogP contribution in [0.5, 0.6) is 5.75 Å². The molecule has 112 valence electrons. The number of hydrogen-bond donors (Lipinski definition) is 1. The van der Waals surface area contributed by atoms with E-state index in [1.54, 1.807) is 13.8 Å². The minimum Gasteiger partial charge on any atom is -0.494 e. The van der Waals surface area contributed by atoms with Crippen LogP contribution in [0.25, 0.3) is 0 Å². The summed E-state index contributed by atoms with van der Waals surface area (Å²) in [6, 6.07) is 8.04. The number of rotatable bonds is 8. The standard InChI is InChI=1S/C16H25NO3/c1-4-13-7-9-14(10-8-13)20-12-6-11-16(3,17)15(18)19-5-2/h7-10H,4-6,11-12,17H2,1-3H3. The molecule has 0 saturated heterocycles. The third kappa shape index (κ3) is 5.21. The van der Waals surface area contributed by atoms with Gasteiger partial charge in [0.05, 0.1) is 13.2 Å². The summed E-state index contributed by atoms with van der Waals surface area (Å²) in [5.41, 5.74) is 6.28. The molecule has 0 saturated carbocycles. The minimum absolute atomic E-state index is 0.353. The van der Waals surface area contributed by atoms with E-state index in [0.29, 0.717) is 26.1 Å². The predicted molar refractivity (Wildman–Crippen MR) is 79.8 cm³/mol. The van der Waals surface area contributed by atoms with Gasteiger partial charge in [-0.15, -0.1) is 0 Å². The Hall–Kier alpha value is -1.55. The van der Waals surface area contributed by atoms with Crippen LogP contribution in [0, 0.1) is 0 Å². The summed E-state index contributed by atoms with van der Waals surface area (Å²) in [6.45, 7) is 6.48. The molecular weight excluding hydrogens is 254 g/mol. The van der Waals surface area contributed by atoms with Crippen molar-refractivity contribution < 1.29 is 14.3 Å². The first-order chi connectivity index (χ1) is 9.49. The molecule has 0 radical (unpaired) electrons. The number of hydrogen-bond acceptors (Lipinski definition) is 4. The van der Waals surface area contributed by atoms with E-state index in [1.165, 1.54) is 5.56 Å². The molecule has 4 heteroatoms. The zero-order valence-corrected chi connectivity index (χ0v) is 12.6. The first-order valence-electron chi connectivity index (χ1n) is 7.17. The Bertz CT molecular complexity index is 412. The van der Waals surface area contributed by atoms with E-state index in [-0.39, 0.29) is 5.97 Å². The smallest absolute Gasteiger partial charge is 0.325 e. The van der Waals surface area contributed by atoms with Crippen molar-refractivity contribution in [3.63, 3.8) is 0 Å². The quantitative estimate of drug-likeness (QED) is 0.587. The molecule has 1 aromatic carbocycles. The van der Waals surface area contributed by atoms with Crippen LogP contribution in [-0.2, 0) is 16.0 Å². The van der Waals surface area contributed by atoms with Gasteiger partial charge in [-0.1, -0.05) is 19.1 Å². The van der Waals surface area contributed by atoms with Gasteiger partial charge in [0.15, 0.2) is 0 Å². The highest BCUT2D eigenvalue weighted by molar-refractivity contribution is 5.79. The normalized spacial score (nSPS) is 13.6. The van der Waals surface area contributed by atoms with Gasteiger partial charge >= 0.3 is 5.97 Å². The van der Waals surface area contributed by atoms with Crippen LogP contribution in [0.4, 0.5) is 0 Å². The highest BCUT2D eigenvalue weighted by Gasteiger charge is 2.29. The molecule has 1 unspecified atom stereocenters. The average Bonchev–Trinajstić information content (AvgIpc) is 2.44. The Morgan fingerprint density at radius 2 is 1.90 bits per heavy atom. The van der Waals surface area contributed by atoms with Crippen LogP contribution in [-0.4, -0.2) is 24.7 Å². The minimum atomic E-state index is -0.939. The first-order valence-corrected chi connectivity index (χ1v) is 7.17. The fourth-order valence-corrected chi connectivity index (χ4v) is 1.85. The molecule has 0 aromatic heterocycles. The molecule has 1 rings (SSSR count). The second kappa shape index (κ2) is 7.90. The lowest BCUT2D eigenvalue weighted by Gasteiger charge is -2.22. The second-order valence-electron chi connectivity index (χ2n) is 5.09. The van der Waals surface area contributed by atoms with Crippen molar-refractivity contribution in [3.05, 3.63) is 29.8 Å². The van der Waals surface area contributed by atoms with Crippen LogP contribution in [0.15, 0.2) is 24.3 Å². The summed E-state index contributed by atoms with van der Waals surface area (Å²) >= 11 is 0. The van der Waals surface area contributed by atoms with Gasteiger partial charge in [0.1, 0.15) is 11.3 Å². The highest BCUT2D eigenvalue weighted by Crippen LogP contribution is 2.15. The first kappa shape index (κ1) is 16.5. The zero-order valence-electron chi connectivity index (χ0n) is 12.6. The number of benzene rings is 1. The Balaban J connectivity index is 2.31. The number of aryl methyl sites for hydroxylation is 1. The SMILES string of the molecule is CCOC(=O)C(C)(N)CCCOc1ccc(CC)cc1. The van der Waals surface area contributed by atoms with Crippen LogP contribution >= 0.6 is 0 Å². The highest BCUT2D eigenvalue weighted by atomic mass is 16.5. The summed E-state index contributed by atoms with van der Waals surface area (Å²) in [7, 11) is 0. The summed E-state index contributed by atoms with van der Waals surface area (Å²) in [5.74, 6) is 0.490. The van der Waals surface area contributed by atoms with Crippen molar-refractivity contribution in [1.82, 2.24) is 0 Å². The average molecular weight is 279 g/mol. The fraction of sp³-hybridized carbons (Fsp3) is 0.562. The molecule has 0 heterocycles. The molecule has 20 heavy (non-hydrogen) atoms. The lowest BCUT2D eigenvalue weighted by molar-refractivity contribution is -0.149. The number of carbonyl (C=O) groups excluding carboxylic acids is 1. The van der Waals surface area contributed by atoms with Crippen LogP contribution in [0.3, 0.4) is 0 Å². The number of ether oxygens (including phenoxy) is 2. The monoisotopic (exact) mass is 279 g/mol. The van der Waals surface area contributed by atoms with Gasteiger partial charge in [-0.3, -0.25) is 4.79 Å². The summed E-state index contributed by atoms with van der Waals surface area (Å²) in [4.78, 5) is 11.6. The van der Waals surface area contributed by atoms with Crippen LogP contribution < -0.4 is 10.5 Å². The van der Waals surface area contributed by atoms with E-state index in [0.717, 1.165) is 12.2 Å². The van der Waals surface area contributed by atoms with E-state index in [4.69, 9.17) is 15.2 Å². The van der Waals surface area contributed by atoms with E-state index in [9.17, 15) is 4.79 Å². The van der Waals surface area contributed by atoms with Crippen LogP contribution in [0.2, 0.25) is 0 Å². The third-order valence-corrected chi connectivity index (χ3v) is 3.18. The lowest BCUT2D eigenvalue weighted by Crippen LogP contribution is -2.46. The van der Waals surface area contributed by atoms with Gasteiger partial charge in [-0.2, -0.15) is 0 Å². The lowest BCUT2D eigenvalue weighted by atomic mass is 9.98. The van der Waals surface area contributed by atoms with E-state index < -0.39 is 5.54 Å². The van der Waals surface area contributed by atoms with Crippen molar-refractivity contribution in [3.8, 4) is 5.75 Å². The molecule has 1 atom stereocenters. The molecule has 0 spiro atoms. The maximum absolute atomic E-state index is 11.6. The Labute approximate surface area is 121 Å². The molecule has 1 aromatic rings. The van der Waals surface area contributed by atoms with Crippen molar-refractivity contribution in [2.45, 2.75) is 45.6 Å². The number of nitrogens with two attached hydrogens (primary N) is 1. The molecule has 0 amide bonds. The molecule has 0 fully saturated rings. The Kier molecular flexibility index (Phi) is 6.52. The van der Waals surface area contributed by atoms with Crippen molar-refractivity contribution in [1.29, 1.82) is 0 Å². The largest absolute Gasteiger partial charge is 0.494 e. The molecule has 4 nitrogen and oxygen atoms in total. The van der Waals surface area contributed by atoms with E-state index in [2.05, 4.69) is 19.1 Å².